The predicted octanol–water partition coefficient (Wildman–Crippen LogP) is 1.88. The summed E-state index contributed by atoms with van der Waals surface area (Å²) in [6.07, 6.45) is 0.790. The minimum Gasteiger partial charge on any atom is -0.396 e. The number of hydrogen-bond donors (Lipinski definition) is 2. The topological polar surface area (TPSA) is 50.1 Å². The molecule has 0 unspecified atom stereocenters. The summed E-state index contributed by atoms with van der Waals surface area (Å²) >= 11 is 6.16. The second-order valence-electron chi connectivity index (χ2n) is 5.21. The van der Waals surface area contributed by atoms with Crippen LogP contribution < -0.4 is 5.32 Å². The molecule has 0 aliphatic rings. The second kappa shape index (κ2) is 5.85. The maximum atomic E-state index is 8.95. The molecule has 1 rings (SSSR count). The first-order chi connectivity index (χ1) is 7.87. The molecular weight excluding hydrogens is 238 g/mol. The van der Waals surface area contributed by atoms with E-state index in [0.717, 1.165) is 29.4 Å². The van der Waals surface area contributed by atoms with Gasteiger partial charge in [0.1, 0.15) is 0 Å². The molecule has 5 heteroatoms. The average Bonchev–Trinajstić information content (AvgIpc) is 2.44. The van der Waals surface area contributed by atoms with E-state index in [1.54, 1.807) is 0 Å². The highest BCUT2D eigenvalue weighted by Gasteiger charge is 2.17. The van der Waals surface area contributed by atoms with Crippen LogP contribution >= 0.6 is 11.6 Å². The van der Waals surface area contributed by atoms with Crippen LogP contribution in [0.4, 0.5) is 0 Å². The molecule has 0 aliphatic heterocycles. The van der Waals surface area contributed by atoms with Gasteiger partial charge < -0.3 is 10.4 Å². The van der Waals surface area contributed by atoms with E-state index in [2.05, 4.69) is 24.3 Å². The number of aromatic nitrogens is 2. The van der Waals surface area contributed by atoms with Crippen molar-refractivity contribution in [3.63, 3.8) is 0 Å². The van der Waals surface area contributed by atoms with Gasteiger partial charge in [-0.2, -0.15) is 5.10 Å². The highest BCUT2D eigenvalue weighted by Crippen LogP contribution is 2.21. The predicted molar refractivity (Wildman–Crippen MR) is 70.1 cm³/mol. The van der Waals surface area contributed by atoms with Gasteiger partial charge in [-0.3, -0.25) is 4.68 Å². The van der Waals surface area contributed by atoms with Crippen LogP contribution in [0.25, 0.3) is 0 Å². The van der Waals surface area contributed by atoms with Crippen LogP contribution in [0.3, 0.4) is 0 Å². The van der Waals surface area contributed by atoms with Crippen molar-refractivity contribution >= 4 is 11.6 Å². The van der Waals surface area contributed by atoms with Gasteiger partial charge in [-0.1, -0.05) is 25.4 Å². The van der Waals surface area contributed by atoms with Crippen LogP contribution in [0.15, 0.2) is 0 Å². The third-order valence-electron chi connectivity index (χ3n) is 2.95. The maximum Gasteiger partial charge on any atom is 0.0860 e. The smallest absolute Gasteiger partial charge is 0.0860 e. The molecule has 0 fully saturated rings. The Balaban J connectivity index is 2.51. The molecular formula is C12H22ClN3O. The Labute approximate surface area is 108 Å². The zero-order valence-corrected chi connectivity index (χ0v) is 11.8. The number of halogens is 1. The molecule has 0 spiro atoms. The lowest BCUT2D eigenvalue weighted by molar-refractivity contribution is 0.206. The molecule has 1 aromatic rings. The standard InChI is InChI=1S/C12H22ClN3O/c1-9-11(13)10(16(4)15-9)7-14-8-12(2,3)5-6-17/h14,17H,5-8H2,1-4H3. The quantitative estimate of drug-likeness (QED) is 0.820. The lowest BCUT2D eigenvalue weighted by atomic mass is 9.90. The number of aliphatic hydroxyl groups excluding tert-OH is 1. The Morgan fingerprint density at radius 3 is 2.59 bits per heavy atom. The number of aryl methyl sites for hydroxylation is 2. The van der Waals surface area contributed by atoms with Gasteiger partial charge in [-0.05, 0) is 18.8 Å². The van der Waals surface area contributed by atoms with Crippen LogP contribution in [-0.2, 0) is 13.6 Å². The monoisotopic (exact) mass is 259 g/mol. The highest BCUT2D eigenvalue weighted by molar-refractivity contribution is 6.31. The number of aliphatic hydroxyl groups is 1. The summed E-state index contributed by atoms with van der Waals surface area (Å²) in [6, 6.07) is 0. The maximum absolute atomic E-state index is 8.95. The lowest BCUT2D eigenvalue weighted by Crippen LogP contribution is -2.30. The van der Waals surface area contributed by atoms with Gasteiger partial charge in [0.05, 0.1) is 16.4 Å². The van der Waals surface area contributed by atoms with Crippen LogP contribution in [0, 0.1) is 12.3 Å². The summed E-state index contributed by atoms with van der Waals surface area (Å²) in [6.45, 7) is 7.93. The van der Waals surface area contributed by atoms with Crippen LogP contribution in [0.2, 0.25) is 5.02 Å². The van der Waals surface area contributed by atoms with Gasteiger partial charge in [-0.15, -0.1) is 0 Å². The molecule has 0 saturated heterocycles. The van der Waals surface area contributed by atoms with Crippen molar-refractivity contribution < 1.29 is 5.11 Å². The fraction of sp³-hybridized carbons (Fsp3) is 0.750. The van der Waals surface area contributed by atoms with E-state index in [1.807, 2.05) is 18.7 Å². The van der Waals surface area contributed by atoms with Crippen LogP contribution in [0.1, 0.15) is 31.7 Å². The summed E-state index contributed by atoms with van der Waals surface area (Å²) in [4.78, 5) is 0. The molecule has 0 bridgehead atoms. The molecule has 0 radical (unpaired) electrons. The van der Waals surface area contributed by atoms with Crippen molar-refractivity contribution in [2.45, 2.75) is 33.7 Å². The van der Waals surface area contributed by atoms with Crippen LogP contribution in [-0.4, -0.2) is 28.0 Å². The molecule has 0 amide bonds. The summed E-state index contributed by atoms with van der Waals surface area (Å²) in [5, 5.41) is 17.3. The van der Waals surface area contributed by atoms with Gasteiger partial charge in [0.15, 0.2) is 0 Å². The first-order valence-corrected chi connectivity index (χ1v) is 6.25. The molecule has 4 nitrogen and oxygen atoms in total. The van der Waals surface area contributed by atoms with E-state index < -0.39 is 0 Å². The SMILES string of the molecule is Cc1nn(C)c(CNCC(C)(C)CCO)c1Cl. The summed E-state index contributed by atoms with van der Waals surface area (Å²) in [5.41, 5.74) is 1.96. The number of rotatable bonds is 6. The van der Waals surface area contributed by atoms with E-state index in [0.29, 0.717) is 6.54 Å². The van der Waals surface area contributed by atoms with Crippen molar-refractivity contribution in [3.05, 3.63) is 16.4 Å². The Morgan fingerprint density at radius 2 is 2.12 bits per heavy atom. The Bertz CT molecular complexity index is 374. The van der Waals surface area contributed by atoms with Crippen molar-refractivity contribution in [3.8, 4) is 0 Å². The van der Waals surface area contributed by atoms with E-state index in [1.165, 1.54) is 0 Å². The lowest BCUT2D eigenvalue weighted by Gasteiger charge is -2.24. The summed E-state index contributed by atoms with van der Waals surface area (Å²) in [7, 11) is 1.90. The molecule has 98 valence electrons. The average molecular weight is 260 g/mol. The number of hydrogen-bond acceptors (Lipinski definition) is 3. The molecule has 17 heavy (non-hydrogen) atoms. The minimum atomic E-state index is 0.0921. The van der Waals surface area contributed by atoms with Crippen molar-refractivity contribution in [1.29, 1.82) is 0 Å². The largest absolute Gasteiger partial charge is 0.396 e. The Morgan fingerprint density at radius 1 is 1.47 bits per heavy atom. The molecule has 0 aliphatic carbocycles. The first kappa shape index (κ1) is 14.5. The molecule has 1 aromatic heterocycles. The zero-order valence-electron chi connectivity index (χ0n) is 11.0. The van der Waals surface area contributed by atoms with Gasteiger partial charge >= 0.3 is 0 Å². The Hall–Kier alpha value is -0.580. The fourth-order valence-corrected chi connectivity index (χ4v) is 2.01. The third-order valence-corrected chi connectivity index (χ3v) is 3.44. The van der Waals surface area contributed by atoms with Gasteiger partial charge in [0.2, 0.25) is 0 Å². The van der Waals surface area contributed by atoms with Gasteiger partial charge in [-0.25, -0.2) is 0 Å². The summed E-state index contributed by atoms with van der Waals surface area (Å²) < 4.78 is 1.81. The van der Waals surface area contributed by atoms with E-state index in [4.69, 9.17) is 16.7 Å². The first-order valence-electron chi connectivity index (χ1n) is 5.87. The molecule has 2 N–H and O–H groups in total. The van der Waals surface area contributed by atoms with Gasteiger partial charge in [0.25, 0.3) is 0 Å². The second-order valence-corrected chi connectivity index (χ2v) is 5.59. The Kier molecular flexibility index (Phi) is 4.98. The van der Waals surface area contributed by atoms with Crippen molar-refractivity contribution in [1.82, 2.24) is 15.1 Å². The fourth-order valence-electron chi connectivity index (χ4n) is 1.78. The van der Waals surface area contributed by atoms with Crippen LogP contribution in [0.5, 0.6) is 0 Å². The third kappa shape index (κ3) is 3.98. The number of nitrogens with one attached hydrogen (secondary N) is 1. The molecule has 0 atom stereocenters. The van der Waals surface area contributed by atoms with Gasteiger partial charge in [0, 0.05) is 26.7 Å². The van der Waals surface area contributed by atoms with Crippen molar-refractivity contribution in [2.24, 2.45) is 12.5 Å². The normalized spacial score (nSPS) is 12.1. The molecule has 0 aromatic carbocycles. The van der Waals surface area contributed by atoms with E-state index >= 15 is 0 Å². The number of nitrogens with zero attached hydrogens (tertiary/aromatic N) is 2. The molecule has 1 heterocycles. The van der Waals surface area contributed by atoms with E-state index in [-0.39, 0.29) is 12.0 Å². The molecule has 0 saturated carbocycles. The minimum absolute atomic E-state index is 0.0921. The highest BCUT2D eigenvalue weighted by atomic mass is 35.5. The van der Waals surface area contributed by atoms with Crippen molar-refractivity contribution in [2.75, 3.05) is 13.2 Å². The zero-order chi connectivity index (χ0) is 13.1. The summed E-state index contributed by atoms with van der Waals surface area (Å²) in [5.74, 6) is 0. The van der Waals surface area contributed by atoms with E-state index in [9.17, 15) is 0 Å².